The minimum absolute atomic E-state index is 0.202. The first-order chi connectivity index (χ1) is 11.6. The number of nitrogens with one attached hydrogen (secondary N) is 3. The first-order valence-corrected chi connectivity index (χ1v) is 8.04. The largest absolute Gasteiger partial charge is 0.348 e. The number of nitrogens with zero attached hydrogens (tertiary/aromatic N) is 1. The molecule has 24 heavy (non-hydrogen) atoms. The van der Waals surface area contributed by atoms with Crippen LogP contribution in [0.15, 0.2) is 39.4 Å². The van der Waals surface area contributed by atoms with E-state index >= 15 is 0 Å². The number of fused-ring (bicyclic) bond motifs is 1. The molecule has 0 atom stereocenters. The second-order valence-electron chi connectivity index (χ2n) is 5.73. The van der Waals surface area contributed by atoms with Crippen molar-refractivity contribution in [2.75, 3.05) is 19.6 Å². The average molecular weight is 328 g/mol. The van der Waals surface area contributed by atoms with Crippen LogP contribution in [0.3, 0.4) is 0 Å². The van der Waals surface area contributed by atoms with Crippen LogP contribution >= 0.6 is 0 Å². The molecule has 7 nitrogen and oxygen atoms in total. The summed E-state index contributed by atoms with van der Waals surface area (Å²) in [6, 6.07) is 4.96. The zero-order valence-corrected chi connectivity index (χ0v) is 13.5. The van der Waals surface area contributed by atoms with Crippen LogP contribution in [0.25, 0.3) is 11.0 Å². The third kappa shape index (κ3) is 3.16. The second-order valence-corrected chi connectivity index (χ2v) is 5.73. The third-order valence-electron chi connectivity index (χ3n) is 4.19. The van der Waals surface area contributed by atoms with E-state index in [1.165, 1.54) is 10.1 Å². The van der Waals surface area contributed by atoms with Crippen LogP contribution in [0.4, 0.5) is 0 Å². The maximum absolute atomic E-state index is 12.3. The van der Waals surface area contributed by atoms with Gasteiger partial charge in [-0.1, -0.05) is 11.6 Å². The number of aromatic nitrogens is 2. The zero-order valence-electron chi connectivity index (χ0n) is 13.5. The Morgan fingerprint density at radius 3 is 2.88 bits per heavy atom. The van der Waals surface area contributed by atoms with Crippen LogP contribution in [0.2, 0.25) is 0 Å². The molecule has 2 aromatic rings. The van der Waals surface area contributed by atoms with Crippen molar-refractivity contribution >= 4 is 16.9 Å². The summed E-state index contributed by atoms with van der Waals surface area (Å²) in [6.07, 6.45) is 3.01. The highest BCUT2D eigenvalue weighted by atomic mass is 16.2. The van der Waals surface area contributed by atoms with E-state index < -0.39 is 11.1 Å². The van der Waals surface area contributed by atoms with Crippen molar-refractivity contribution in [3.63, 3.8) is 0 Å². The molecule has 0 aliphatic carbocycles. The van der Waals surface area contributed by atoms with Crippen molar-refractivity contribution in [3.05, 3.63) is 56.1 Å². The highest BCUT2D eigenvalue weighted by Crippen LogP contribution is 2.12. The molecule has 1 aromatic carbocycles. The third-order valence-corrected chi connectivity index (χ3v) is 4.19. The van der Waals surface area contributed by atoms with E-state index in [2.05, 4.69) is 21.7 Å². The highest BCUT2D eigenvalue weighted by Gasteiger charge is 2.11. The molecule has 0 spiro atoms. The molecule has 1 aromatic heterocycles. The summed E-state index contributed by atoms with van der Waals surface area (Å²) in [7, 11) is 0. The number of carbonyl (C=O) groups is 1. The fourth-order valence-corrected chi connectivity index (χ4v) is 2.86. The normalized spacial score (nSPS) is 14.5. The van der Waals surface area contributed by atoms with Gasteiger partial charge >= 0.3 is 11.1 Å². The molecule has 126 valence electrons. The quantitative estimate of drug-likeness (QED) is 0.558. The lowest BCUT2D eigenvalue weighted by atomic mass is 10.1. The molecule has 1 amide bonds. The minimum Gasteiger partial charge on any atom is -0.348 e. The maximum Gasteiger partial charge on any atom is 0.316 e. The first kappa shape index (κ1) is 16.2. The number of hydrogen-bond acceptors (Lipinski definition) is 4. The van der Waals surface area contributed by atoms with Gasteiger partial charge in [0.1, 0.15) is 0 Å². The summed E-state index contributed by atoms with van der Waals surface area (Å²) >= 11 is 0. The smallest absolute Gasteiger partial charge is 0.316 e. The Balaban J connectivity index is 1.86. The van der Waals surface area contributed by atoms with E-state index in [-0.39, 0.29) is 5.91 Å². The van der Waals surface area contributed by atoms with Crippen LogP contribution in [-0.4, -0.2) is 35.1 Å². The summed E-state index contributed by atoms with van der Waals surface area (Å²) in [5, 5.41) is 6.12. The van der Waals surface area contributed by atoms with Gasteiger partial charge in [-0.3, -0.25) is 14.4 Å². The minimum atomic E-state index is -0.679. The summed E-state index contributed by atoms with van der Waals surface area (Å²) in [4.78, 5) is 38.4. The SMILES string of the molecule is CCn1c(=O)c(=O)[nH]c2cc(C(=O)NCC3=CCNCC3)ccc21. The molecule has 0 radical (unpaired) electrons. The molecule has 2 heterocycles. The van der Waals surface area contributed by atoms with Gasteiger partial charge in [0.05, 0.1) is 11.0 Å². The van der Waals surface area contributed by atoms with Crippen LogP contribution in [0.1, 0.15) is 23.7 Å². The van der Waals surface area contributed by atoms with E-state index in [9.17, 15) is 14.4 Å². The van der Waals surface area contributed by atoms with Gasteiger partial charge in [-0.05, 0) is 38.1 Å². The van der Waals surface area contributed by atoms with Crippen LogP contribution in [-0.2, 0) is 6.54 Å². The molecule has 3 N–H and O–H groups in total. The Kier molecular flexibility index (Phi) is 4.61. The average Bonchev–Trinajstić information content (AvgIpc) is 2.61. The zero-order chi connectivity index (χ0) is 17.1. The van der Waals surface area contributed by atoms with Gasteiger partial charge in [-0.25, -0.2) is 0 Å². The predicted octanol–water partition coefficient (Wildman–Crippen LogP) is 0.359. The number of carbonyl (C=O) groups excluding carboxylic acids is 1. The molecule has 0 unspecified atom stereocenters. The lowest BCUT2D eigenvalue weighted by Crippen LogP contribution is -2.36. The van der Waals surface area contributed by atoms with E-state index in [4.69, 9.17) is 0 Å². The van der Waals surface area contributed by atoms with Crippen LogP contribution < -0.4 is 21.8 Å². The summed E-state index contributed by atoms with van der Waals surface area (Å²) in [5.74, 6) is -0.202. The second kappa shape index (κ2) is 6.84. The Bertz CT molecular complexity index is 924. The van der Waals surface area contributed by atoms with Gasteiger partial charge < -0.3 is 20.2 Å². The fraction of sp³-hybridized carbons (Fsp3) is 0.353. The predicted molar refractivity (Wildman–Crippen MR) is 92.4 cm³/mol. The molecular formula is C17H20N4O3. The topological polar surface area (TPSA) is 96.0 Å². The molecule has 0 bridgehead atoms. The van der Waals surface area contributed by atoms with Crippen LogP contribution in [0, 0.1) is 0 Å². The molecular weight excluding hydrogens is 308 g/mol. The Labute approximate surface area is 138 Å². The van der Waals surface area contributed by atoms with Crippen molar-refractivity contribution in [3.8, 4) is 0 Å². The van der Waals surface area contributed by atoms with Crippen molar-refractivity contribution in [2.24, 2.45) is 0 Å². The van der Waals surface area contributed by atoms with E-state index in [0.29, 0.717) is 29.7 Å². The molecule has 7 heteroatoms. The fourth-order valence-electron chi connectivity index (χ4n) is 2.86. The number of rotatable bonds is 4. The Hall–Kier alpha value is -2.67. The Morgan fingerprint density at radius 1 is 1.33 bits per heavy atom. The molecule has 0 saturated heterocycles. The number of H-pyrrole nitrogens is 1. The standard InChI is InChI=1S/C17H20N4O3/c1-2-21-14-4-3-12(9-13(14)20-16(23)17(21)24)15(22)19-10-11-5-7-18-8-6-11/h3-5,9,18H,2,6-8,10H2,1H3,(H,19,22)(H,20,23). The van der Waals surface area contributed by atoms with E-state index in [1.807, 2.05) is 0 Å². The van der Waals surface area contributed by atoms with Gasteiger partial charge in [0.2, 0.25) is 0 Å². The maximum atomic E-state index is 12.3. The number of aryl methyl sites for hydroxylation is 1. The van der Waals surface area contributed by atoms with Gasteiger partial charge in [-0.15, -0.1) is 0 Å². The monoisotopic (exact) mass is 328 g/mol. The van der Waals surface area contributed by atoms with E-state index in [1.54, 1.807) is 25.1 Å². The summed E-state index contributed by atoms with van der Waals surface area (Å²) in [6.45, 7) is 4.47. The first-order valence-electron chi connectivity index (χ1n) is 8.04. The van der Waals surface area contributed by atoms with Crippen molar-refractivity contribution < 1.29 is 4.79 Å². The van der Waals surface area contributed by atoms with Crippen LogP contribution in [0.5, 0.6) is 0 Å². The molecule has 0 fully saturated rings. The lowest BCUT2D eigenvalue weighted by Gasteiger charge is -2.15. The molecule has 1 aliphatic rings. The number of hydrogen-bond donors (Lipinski definition) is 3. The Morgan fingerprint density at radius 2 is 2.17 bits per heavy atom. The van der Waals surface area contributed by atoms with Gasteiger partial charge in [0.25, 0.3) is 5.91 Å². The number of aromatic amines is 1. The van der Waals surface area contributed by atoms with Gasteiger partial charge in [0.15, 0.2) is 0 Å². The molecule has 3 rings (SSSR count). The van der Waals surface area contributed by atoms with Gasteiger partial charge in [0, 0.05) is 25.2 Å². The summed E-state index contributed by atoms with van der Waals surface area (Å²) in [5.41, 5.74) is 1.49. The highest BCUT2D eigenvalue weighted by molar-refractivity contribution is 5.97. The summed E-state index contributed by atoms with van der Waals surface area (Å²) < 4.78 is 1.40. The van der Waals surface area contributed by atoms with Crippen molar-refractivity contribution in [2.45, 2.75) is 19.9 Å². The van der Waals surface area contributed by atoms with Gasteiger partial charge in [-0.2, -0.15) is 0 Å². The van der Waals surface area contributed by atoms with E-state index in [0.717, 1.165) is 19.5 Å². The molecule has 0 saturated carbocycles. The molecule has 1 aliphatic heterocycles. The number of amides is 1. The van der Waals surface area contributed by atoms with Crippen molar-refractivity contribution in [1.82, 2.24) is 20.2 Å². The number of benzene rings is 1. The van der Waals surface area contributed by atoms with Crippen molar-refractivity contribution in [1.29, 1.82) is 0 Å². The lowest BCUT2D eigenvalue weighted by molar-refractivity contribution is 0.0956.